The number of aliphatic imine (C=N–C) groups is 1. The van der Waals surface area contributed by atoms with Crippen LogP contribution in [-0.2, 0) is 4.79 Å². The fourth-order valence-electron chi connectivity index (χ4n) is 2.74. The lowest BCUT2D eigenvalue weighted by Gasteiger charge is -2.17. The second kappa shape index (κ2) is 6.95. The molecular weight excluding hydrogens is 314 g/mol. The Kier molecular flexibility index (Phi) is 4.76. The van der Waals surface area contributed by atoms with E-state index in [0.29, 0.717) is 21.7 Å². The molecule has 0 spiro atoms. The summed E-state index contributed by atoms with van der Waals surface area (Å²) in [6.07, 6.45) is 7.45. The second-order valence-electron chi connectivity index (χ2n) is 5.64. The van der Waals surface area contributed by atoms with E-state index in [1.54, 1.807) is 18.2 Å². The molecule has 3 rings (SSSR count). The van der Waals surface area contributed by atoms with E-state index in [2.05, 4.69) is 10.3 Å². The first-order valence-electron chi connectivity index (χ1n) is 7.65. The number of hydrogen-bond donors (Lipinski definition) is 1. The first kappa shape index (κ1) is 15.7. The highest BCUT2D eigenvalue weighted by atomic mass is 32.2. The molecule has 1 aliphatic carbocycles. The maximum Gasteiger partial charge on any atom is 0.270 e. The smallest absolute Gasteiger partial charge is 0.270 e. The predicted molar refractivity (Wildman–Crippen MR) is 91.1 cm³/mol. The summed E-state index contributed by atoms with van der Waals surface area (Å²) < 4.78 is 0. The monoisotopic (exact) mass is 331 g/mol. The van der Waals surface area contributed by atoms with Gasteiger partial charge in [-0.05, 0) is 36.2 Å². The van der Waals surface area contributed by atoms with Crippen molar-refractivity contribution >= 4 is 34.6 Å². The number of nitro benzene ring substituents is 1. The number of non-ortho nitro benzene ring substituents is 1. The fraction of sp³-hybridized carbons (Fsp3) is 0.375. The Morgan fingerprint density at radius 1 is 1.30 bits per heavy atom. The standard InChI is InChI=1S/C16H17N3O3S/c20-15-14(10-11-5-4-8-13(9-11)19(21)22)23-16(18-15)17-12-6-2-1-3-7-12/h4-5,8-10,12H,1-3,6-7H2,(H,17,18,20)/b14-10-. The molecule has 1 aliphatic heterocycles. The third-order valence-corrected chi connectivity index (χ3v) is 4.83. The van der Waals surface area contributed by atoms with Crippen molar-refractivity contribution in [3.8, 4) is 0 Å². The summed E-state index contributed by atoms with van der Waals surface area (Å²) in [4.78, 5) is 27.5. The van der Waals surface area contributed by atoms with Gasteiger partial charge in [0.15, 0.2) is 5.17 Å². The lowest BCUT2D eigenvalue weighted by atomic mass is 9.96. The van der Waals surface area contributed by atoms with Gasteiger partial charge in [-0.1, -0.05) is 31.4 Å². The molecule has 0 aromatic heterocycles. The van der Waals surface area contributed by atoms with E-state index in [9.17, 15) is 14.9 Å². The number of amidine groups is 1. The van der Waals surface area contributed by atoms with Gasteiger partial charge in [0.1, 0.15) is 0 Å². The largest absolute Gasteiger partial charge is 0.301 e. The number of hydrogen-bond acceptors (Lipinski definition) is 5. The van der Waals surface area contributed by atoms with Crippen molar-refractivity contribution in [2.75, 3.05) is 0 Å². The third kappa shape index (κ3) is 3.98. The van der Waals surface area contributed by atoms with E-state index in [4.69, 9.17) is 0 Å². The first-order chi connectivity index (χ1) is 11.1. The average molecular weight is 331 g/mol. The SMILES string of the molecule is O=C1NC(=NC2CCCCC2)S/C1=C\c1cccc([N+](=O)[O-])c1. The van der Waals surface area contributed by atoms with Gasteiger partial charge in [-0.3, -0.25) is 19.9 Å². The van der Waals surface area contributed by atoms with Gasteiger partial charge in [0.2, 0.25) is 0 Å². The summed E-state index contributed by atoms with van der Waals surface area (Å²) in [7, 11) is 0. The highest BCUT2D eigenvalue weighted by molar-refractivity contribution is 8.18. The number of amides is 1. The van der Waals surface area contributed by atoms with E-state index >= 15 is 0 Å². The van der Waals surface area contributed by atoms with Crippen LogP contribution in [0.25, 0.3) is 6.08 Å². The molecule has 0 atom stereocenters. The minimum Gasteiger partial charge on any atom is -0.301 e. The van der Waals surface area contributed by atoms with Gasteiger partial charge in [-0.15, -0.1) is 0 Å². The molecule has 1 saturated heterocycles. The van der Waals surface area contributed by atoms with Crippen LogP contribution in [-0.4, -0.2) is 22.0 Å². The molecule has 23 heavy (non-hydrogen) atoms. The van der Waals surface area contributed by atoms with Crippen LogP contribution < -0.4 is 5.32 Å². The van der Waals surface area contributed by atoms with E-state index in [0.717, 1.165) is 12.8 Å². The molecule has 7 heteroatoms. The summed E-state index contributed by atoms with van der Waals surface area (Å²) in [5.74, 6) is -0.198. The average Bonchev–Trinajstić information content (AvgIpc) is 2.88. The number of carbonyl (C=O) groups excluding carboxylic acids is 1. The van der Waals surface area contributed by atoms with Crippen molar-refractivity contribution in [1.29, 1.82) is 0 Å². The van der Waals surface area contributed by atoms with Crippen LogP contribution in [0.4, 0.5) is 5.69 Å². The van der Waals surface area contributed by atoms with Gasteiger partial charge in [0.25, 0.3) is 11.6 Å². The van der Waals surface area contributed by atoms with Gasteiger partial charge < -0.3 is 5.32 Å². The quantitative estimate of drug-likeness (QED) is 0.522. The van der Waals surface area contributed by atoms with Crippen LogP contribution in [0.2, 0.25) is 0 Å². The number of nitro groups is 1. The molecule has 0 bridgehead atoms. The first-order valence-corrected chi connectivity index (χ1v) is 8.46. The molecule has 6 nitrogen and oxygen atoms in total. The zero-order valence-electron chi connectivity index (χ0n) is 12.5. The van der Waals surface area contributed by atoms with Crippen molar-refractivity contribution in [2.45, 2.75) is 38.1 Å². The molecule has 120 valence electrons. The molecule has 2 aliphatic rings. The van der Waals surface area contributed by atoms with E-state index in [1.165, 1.54) is 43.2 Å². The van der Waals surface area contributed by atoms with Gasteiger partial charge in [0.05, 0.1) is 15.9 Å². The van der Waals surface area contributed by atoms with Gasteiger partial charge >= 0.3 is 0 Å². The minimum atomic E-state index is -0.445. The molecule has 0 radical (unpaired) electrons. The lowest BCUT2D eigenvalue weighted by molar-refractivity contribution is -0.384. The summed E-state index contributed by atoms with van der Waals surface area (Å²) in [6, 6.07) is 6.53. The van der Waals surface area contributed by atoms with Crippen molar-refractivity contribution in [3.63, 3.8) is 0 Å². The van der Waals surface area contributed by atoms with Crippen molar-refractivity contribution in [1.82, 2.24) is 5.32 Å². The number of carbonyl (C=O) groups is 1. The highest BCUT2D eigenvalue weighted by Gasteiger charge is 2.25. The van der Waals surface area contributed by atoms with Gasteiger partial charge in [-0.25, -0.2) is 0 Å². The molecule has 0 unspecified atom stereocenters. The number of nitrogens with one attached hydrogen (secondary N) is 1. The Hall–Kier alpha value is -2.15. The molecule has 1 aromatic rings. The van der Waals surface area contributed by atoms with E-state index in [1.807, 2.05) is 0 Å². The highest BCUT2D eigenvalue weighted by Crippen LogP contribution is 2.29. The van der Waals surface area contributed by atoms with Crippen LogP contribution in [0, 0.1) is 10.1 Å². The Labute approximate surface area is 138 Å². The van der Waals surface area contributed by atoms with Crippen LogP contribution in [0.1, 0.15) is 37.7 Å². The number of rotatable bonds is 3. The normalized spacial score (nSPS) is 22.5. The zero-order valence-corrected chi connectivity index (χ0v) is 13.3. The van der Waals surface area contributed by atoms with Crippen molar-refractivity contribution < 1.29 is 9.72 Å². The molecule has 1 amide bonds. The van der Waals surface area contributed by atoms with Crippen molar-refractivity contribution in [2.24, 2.45) is 4.99 Å². The number of nitrogens with zero attached hydrogens (tertiary/aromatic N) is 2. The van der Waals surface area contributed by atoms with Gasteiger partial charge in [-0.2, -0.15) is 0 Å². The van der Waals surface area contributed by atoms with Crippen LogP contribution in [0.3, 0.4) is 0 Å². The van der Waals surface area contributed by atoms with Crippen molar-refractivity contribution in [3.05, 3.63) is 44.8 Å². The Bertz CT molecular complexity index is 694. The maximum absolute atomic E-state index is 12.0. The molecule has 1 aromatic carbocycles. The molecule has 1 heterocycles. The summed E-state index contributed by atoms with van der Waals surface area (Å²) >= 11 is 1.30. The second-order valence-corrected chi connectivity index (χ2v) is 6.67. The fourth-order valence-corrected chi connectivity index (χ4v) is 3.64. The lowest BCUT2D eigenvalue weighted by Crippen LogP contribution is -2.22. The maximum atomic E-state index is 12.0. The zero-order chi connectivity index (χ0) is 16.2. The summed E-state index contributed by atoms with van der Waals surface area (Å²) in [6.45, 7) is 0. The minimum absolute atomic E-state index is 0.0128. The number of thioether (sulfide) groups is 1. The Morgan fingerprint density at radius 3 is 2.83 bits per heavy atom. The van der Waals surface area contributed by atoms with Crippen LogP contribution in [0.5, 0.6) is 0 Å². The number of benzene rings is 1. The molecule has 1 saturated carbocycles. The summed E-state index contributed by atoms with van der Waals surface area (Å²) in [5.41, 5.74) is 0.648. The Balaban J connectivity index is 1.75. The van der Waals surface area contributed by atoms with Crippen LogP contribution >= 0.6 is 11.8 Å². The molecule has 2 fully saturated rings. The van der Waals surface area contributed by atoms with E-state index < -0.39 is 4.92 Å². The Morgan fingerprint density at radius 2 is 2.09 bits per heavy atom. The van der Waals surface area contributed by atoms with Gasteiger partial charge in [0, 0.05) is 12.1 Å². The third-order valence-electron chi connectivity index (χ3n) is 3.90. The predicted octanol–water partition coefficient (Wildman–Crippen LogP) is 3.49. The van der Waals surface area contributed by atoms with Crippen LogP contribution in [0.15, 0.2) is 34.2 Å². The van der Waals surface area contributed by atoms with E-state index in [-0.39, 0.29) is 11.6 Å². The topological polar surface area (TPSA) is 84.6 Å². The molecular formula is C16H17N3O3S. The molecule has 1 N–H and O–H groups in total. The summed E-state index contributed by atoms with van der Waals surface area (Å²) in [5, 5.41) is 14.2.